The van der Waals surface area contributed by atoms with Crippen molar-refractivity contribution in [2.24, 2.45) is 159 Å². The minimum absolute atomic E-state index is 0.774. The van der Waals surface area contributed by atoms with Crippen LogP contribution in [-0.2, 0) is 0 Å². The molecule has 38 rings (SSSR count). The first-order valence-corrected chi connectivity index (χ1v) is 66.7. The molecule has 14 bridgehead atoms. The summed E-state index contributed by atoms with van der Waals surface area (Å²) < 4.78 is 0. The SMILES string of the molecule is C1C2CC1C2.C1C2CC3CC1CC(C2)C3.C1CC1.C1CC2CC(C1)C2.C1CC2CC12.C1CC2CC1C2.C1CC2CC2C1.C1CC2CCC1C2.C1CC2CCC1CC2.C1CC2CCCC2C1.C1CCC1.C1CCC2(CC1)CCCCC2.C1CCC2CCC2C1.C1CCC2CCCCC2C1.C1CCCC1.C1CCCCC1.C1CCCCCC1.C1CCCCCCC1.CC12CCCCC1CCCC2. The highest BCUT2D eigenvalue weighted by molar-refractivity contribution is 4.98. The van der Waals surface area contributed by atoms with Crippen molar-refractivity contribution in [3.05, 3.63) is 0 Å². The van der Waals surface area contributed by atoms with Crippen molar-refractivity contribution < 1.29 is 0 Å². The quantitative estimate of drug-likeness (QED) is 0.212. The maximum Gasteiger partial charge on any atom is -0.0297 e. The molecule has 0 aromatic carbocycles. The van der Waals surface area contributed by atoms with Gasteiger partial charge >= 0.3 is 0 Å². The molecule has 1 spiro atoms. The van der Waals surface area contributed by atoms with Crippen molar-refractivity contribution in [3.63, 3.8) is 0 Å². The fraction of sp³-hybridized carbons (Fsp3) is 1.00. The van der Waals surface area contributed by atoms with Gasteiger partial charge in [-0.05, 0) is 339 Å². The molecule has 135 heavy (non-hydrogen) atoms. The van der Waals surface area contributed by atoms with Crippen LogP contribution in [0.5, 0.6) is 0 Å². The molecule has 38 saturated carbocycles. The van der Waals surface area contributed by atoms with Crippen molar-refractivity contribution in [2.45, 2.75) is 694 Å². The molecule has 0 heteroatoms. The third-order valence-corrected chi connectivity index (χ3v) is 45.8. The Labute approximate surface area is 847 Å². The van der Waals surface area contributed by atoms with Gasteiger partial charge in [-0.3, -0.25) is 0 Å². The molecule has 0 N–H and O–H groups in total. The lowest BCUT2D eigenvalue weighted by molar-refractivity contribution is 0.0197. The number of hydrogen-bond donors (Lipinski definition) is 0. The minimum atomic E-state index is 0.774. The van der Waals surface area contributed by atoms with Crippen LogP contribution >= 0.6 is 0 Å². The molecule has 38 aliphatic carbocycles. The van der Waals surface area contributed by atoms with Gasteiger partial charge in [0, 0.05) is 0 Å². The molecular weight excluding hydrogens is 1620 g/mol. The van der Waals surface area contributed by atoms with Crippen LogP contribution < -0.4 is 0 Å². The van der Waals surface area contributed by atoms with Crippen LogP contribution in [0.2, 0.25) is 0 Å². The molecule has 0 aliphatic heterocycles. The molecule has 0 amide bonds. The van der Waals surface area contributed by atoms with Gasteiger partial charge in [-0.1, -0.05) is 514 Å². The fourth-order valence-electron chi connectivity index (χ4n) is 35.1. The Kier molecular flexibility index (Phi) is 50.9. The second-order valence-corrected chi connectivity index (χ2v) is 56.8. The van der Waals surface area contributed by atoms with Gasteiger partial charge in [0.15, 0.2) is 0 Å². The molecular formula is C135H242. The van der Waals surface area contributed by atoms with E-state index in [1.807, 2.05) is 0 Å². The maximum absolute atomic E-state index is 2.54. The molecule has 782 valence electrons. The van der Waals surface area contributed by atoms with E-state index in [2.05, 4.69) is 6.92 Å². The van der Waals surface area contributed by atoms with Gasteiger partial charge in [-0.2, -0.15) is 0 Å². The Morgan fingerprint density at radius 1 is 0.104 bits per heavy atom. The van der Waals surface area contributed by atoms with Gasteiger partial charge in [0.1, 0.15) is 0 Å². The summed E-state index contributed by atoms with van der Waals surface area (Å²) >= 11 is 0. The molecule has 0 saturated heterocycles. The highest BCUT2D eigenvalue weighted by atomic mass is 14.5. The zero-order valence-corrected chi connectivity index (χ0v) is 92.1. The van der Waals surface area contributed by atoms with Crippen LogP contribution in [0.1, 0.15) is 694 Å². The second kappa shape index (κ2) is 63.0. The Balaban J connectivity index is 0.000000109. The zero-order valence-electron chi connectivity index (χ0n) is 92.1. The molecule has 38 fully saturated rings. The van der Waals surface area contributed by atoms with E-state index in [0.717, 1.165) is 40.4 Å². The van der Waals surface area contributed by atoms with Crippen molar-refractivity contribution in [1.29, 1.82) is 0 Å². The van der Waals surface area contributed by atoms with Crippen molar-refractivity contribution >= 4 is 0 Å². The van der Waals surface area contributed by atoms with Gasteiger partial charge < -0.3 is 0 Å². The Morgan fingerprint density at radius 2 is 0.267 bits per heavy atom. The average molecular weight is 1870 g/mol. The molecule has 38 aliphatic rings. The highest BCUT2D eigenvalue weighted by Crippen LogP contribution is 2.58. The standard InChI is InChI=1S/2C11H20.C10H16.C10H18.3C8H14.C8H16.2C7H12.C7H14.2C6H10.C6H12.2C5H8.C5H10.C4H8.C3H6/c1-11-8-4-2-6-10(11)7-3-5-9-11;1-3-7-11(8-4-1)9-5-2-6-10-11;1-7-2-9-4-8(1)5-10(3-7)6-9;1-2-6-10-8-4-3-7-9(10)5-1;1-3-7-5-2-6-8(7)4-1;1-2-8-5-3-7(1)4-6-8;1-2-4-8-6-5-7(8)3-1;1-2-4-6-8-7-5-3-1;1-2-7-4-3-6(1)5-7;1-2-6-4-7(3-1)5-6;1-2-4-6-7-5-3-1;1-2-6-3-5(1)4-6;1-2-5-4-6(5)3-1;1-2-4-6-5-3-1;1-4-2-5(1)3-4;1-2-5-3-4(1)5;1-2-4-5-3-1;1-2-4-3-1;1-2-3-1/h10H,2-9H2,1H3;1-10H2;7-10H,1-6H2;9-10H,1-8H2;3*7-8H,1-6H2;1-8H2;2*6-7H,1-5H2;1-7H2;2*5-6H,1-4H2;1-6H2;2*4-5H,1-3H2;1-5H2;1-4H2;1-3H2. The van der Waals surface area contributed by atoms with Crippen molar-refractivity contribution in [2.75, 3.05) is 0 Å². The first-order chi connectivity index (χ1) is 66.7. The fourth-order valence-corrected chi connectivity index (χ4v) is 35.1. The van der Waals surface area contributed by atoms with Crippen LogP contribution in [0, 0.1) is 159 Å². The van der Waals surface area contributed by atoms with Gasteiger partial charge in [0.05, 0.1) is 0 Å². The third-order valence-electron chi connectivity index (χ3n) is 45.8. The lowest BCUT2D eigenvalue weighted by Crippen LogP contribution is -2.38. The topological polar surface area (TPSA) is 0 Å². The van der Waals surface area contributed by atoms with E-state index in [1.165, 1.54) is 484 Å². The van der Waals surface area contributed by atoms with E-state index < -0.39 is 0 Å². The number of hydrogen-bond acceptors (Lipinski definition) is 0. The summed E-state index contributed by atoms with van der Waals surface area (Å²) in [7, 11) is 0. The monoisotopic (exact) mass is 1860 g/mol. The highest BCUT2D eigenvalue weighted by Gasteiger charge is 2.46. The van der Waals surface area contributed by atoms with Gasteiger partial charge in [0.25, 0.3) is 0 Å². The summed E-state index contributed by atoms with van der Waals surface area (Å²) in [6, 6.07) is 0. The molecule has 6 atom stereocenters. The van der Waals surface area contributed by atoms with Crippen LogP contribution in [0.25, 0.3) is 0 Å². The summed E-state index contributed by atoms with van der Waals surface area (Å²) in [6.45, 7) is 2.54. The summed E-state index contributed by atoms with van der Waals surface area (Å²) in [4.78, 5) is 0. The van der Waals surface area contributed by atoms with Crippen LogP contribution in [0.3, 0.4) is 0 Å². The number of fused-ring (bicyclic) bond motifs is 14. The minimum Gasteiger partial charge on any atom is -0.0594 e. The van der Waals surface area contributed by atoms with Crippen molar-refractivity contribution in [1.82, 2.24) is 0 Å². The summed E-state index contributed by atoms with van der Waals surface area (Å²) in [5.41, 5.74) is 1.63. The third kappa shape index (κ3) is 41.2. The summed E-state index contributed by atoms with van der Waals surface area (Å²) in [6.07, 6.45) is 165. The summed E-state index contributed by atoms with van der Waals surface area (Å²) in [5, 5.41) is 0. The predicted octanol–water partition coefficient (Wildman–Crippen LogP) is 45.3. The Hall–Kier alpha value is 0. The van der Waals surface area contributed by atoms with Gasteiger partial charge in [-0.25, -0.2) is 0 Å². The van der Waals surface area contributed by atoms with Crippen LogP contribution in [-0.4, -0.2) is 0 Å². The lowest BCUT2D eigenvalue weighted by Gasteiger charge is -2.49. The van der Waals surface area contributed by atoms with Crippen LogP contribution in [0.15, 0.2) is 0 Å². The zero-order chi connectivity index (χ0) is 92.1. The lowest BCUT2D eigenvalue weighted by atomic mass is 9.56. The van der Waals surface area contributed by atoms with E-state index >= 15 is 0 Å². The Bertz CT molecular complexity index is 2550. The second-order valence-electron chi connectivity index (χ2n) is 56.8. The van der Waals surface area contributed by atoms with E-state index in [4.69, 9.17) is 0 Å². The van der Waals surface area contributed by atoms with E-state index in [0.29, 0.717) is 0 Å². The van der Waals surface area contributed by atoms with Gasteiger partial charge in [0.2, 0.25) is 0 Å². The number of rotatable bonds is 0. The molecule has 6 unspecified atom stereocenters. The molecule has 0 radical (unpaired) electrons. The van der Waals surface area contributed by atoms with Crippen molar-refractivity contribution in [3.8, 4) is 0 Å². The molecule has 0 aromatic heterocycles. The first-order valence-electron chi connectivity index (χ1n) is 66.7. The molecule has 0 heterocycles. The average Bonchev–Trinajstić information content (AvgIpc) is 0.838. The molecule has 0 nitrogen and oxygen atoms in total. The maximum atomic E-state index is 2.54. The first kappa shape index (κ1) is 109. The summed E-state index contributed by atoms with van der Waals surface area (Å²) in [5.74, 6) is 29.5. The van der Waals surface area contributed by atoms with Gasteiger partial charge in [-0.15, -0.1) is 0 Å². The van der Waals surface area contributed by atoms with E-state index in [9.17, 15) is 0 Å². The smallest absolute Gasteiger partial charge is 0.0297 e. The normalized spacial score (nSPS) is 41.2. The predicted molar refractivity (Wildman–Crippen MR) is 592 cm³/mol. The molecule has 0 aromatic rings. The largest absolute Gasteiger partial charge is 0.0594 e. The van der Waals surface area contributed by atoms with Crippen LogP contribution in [0.4, 0.5) is 0 Å². The van der Waals surface area contributed by atoms with E-state index in [1.54, 1.807) is 321 Å². The Morgan fingerprint density at radius 3 is 0.422 bits per heavy atom. The van der Waals surface area contributed by atoms with E-state index in [-0.39, 0.29) is 0 Å².